The van der Waals surface area contributed by atoms with Crippen LogP contribution >= 0.6 is 0 Å². The summed E-state index contributed by atoms with van der Waals surface area (Å²) in [6.07, 6.45) is 3.03. The van der Waals surface area contributed by atoms with Gasteiger partial charge >= 0.3 is 0 Å². The van der Waals surface area contributed by atoms with Gasteiger partial charge in [-0.25, -0.2) is 9.67 Å². The maximum Gasteiger partial charge on any atom is 0.293 e. The van der Waals surface area contributed by atoms with E-state index in [0.717, 1.165) is 38.2 Å². The fourth-order valence-corrected chi connectivity index (χ4v) is 3.37. The summed E-state index contributed by atoms with van der Waals surface area (Å²) in [5, 5.41) is 4.52. The summed E-state index contributed by atoms with van der Waals surface area (Å²) in [5.41, 5.74) is 1.24. The van der Waals surface area contributed by atoms with Crippen LogP contribution in [0.2, 0.25) is 0 Å². The van der Waals surface area contributed by atoms with Gasteiger partial charge in [0.15, 0.2) is 0 Å². The molecule has 5 heteroatoms. The number of amides is 1. The van der Waals surface area contributed by atoms with Gasteiger partial charge in [0.25, 0.3) is 5.91 Å². The van der Waals surface area contributed by atoms with Crippen molar-refractivity contribution in [2.45, 2.75) is 32.2 Å². The molecule has 3 heterocycles. The molecule has 0 saturated carbocycles. The summed E-state index contributed by atoms with van der Waals surface area (Å²) in [6.45, 7) is 3.86. The zero-order chi connectivity index (χ0) is 15.1. The van der Waals surface area contributed by atoms with Crippen molar-refractivity contribution in [1.29, 1.82) is 0 Å². The van der Waals surface area contributed by atoms with Gasteiger partial charge in [-0.3, -0.25) is 4.79 Å². The third kappa shape index (κ3) is 2.12. The third-order valence-electron chi connectivity index (χ3n) is 4.84. The van der Waals surface area contributed by atoms with E-state index in [0.29, 0.717) is 11.7 Å². The van der Waals surface area contributed by atoms with Gasteiger partial charge in [-0.15, -0.1) is 5.10 Å². The molecule has 4 rings (SSSR count). The first kappa shape index (κ1) is 13.5. The molecule has 1 amide bonds. The van der Waals surface area contributed by atoms with Gasteiger partial charge < -0.3 is 4.90 Å². The molecule has 0 spiro atoms. The van der Waals surface area contributed by atoms with E-state index < -0.39 is 0 Å². The van der Waals surface area contributed by atoms with E-state index in [1.54, 1.807) is 0 Å². The molecule has 22 heavy (non-hydrogen) atoms. The first-order chi connectivity index (χ1) is 10.8. The average molecular weight is 296 g/mol. The number of carbonyl (C=O) groups excluding carboxylic acids is 1. The van der Waals surface area contributed by atoms with Crippen LogP contribution in [-0.4, -0.2) is 38.7 Å². The SMILES string of the molecule is CCC1CN(C(=O)c2nc3n(n2)C(c2ccccc2)CC3)C1. The van der Waals surface area contributed by atoms with Crippen LogP contribution in [0.1, 0.15) is 47.8 Å². The number of nitrogens with zero attached hydrogens (tertiary/aromatic N) is 4. The van der Waals surface area contributed by atoms with Gasteiger partial charge in [0, 0.05) is 19.5 Å². The van der Waals surface area contributed by atoms with Crippen molar-refractivity contribution >= 4 is 5.91 Å². The van der Waals surface area contributed by atoms with Crippen LogP contribution in [0.5, 0.6) is 0 Å². The first-order valence-corrected chi connectivity index (χ1v) is 8.06. The lowest BCUT2D eigenvalue weighted by atomic mass is 9.97. The Morgan fingerprint density at radius 1 is 1.27 bits per heavy atom. The molecule has 1 saturated heterocycles. The molecule has 114 valence electrons. The molecule has 5 nitrogen and oxygen atoms in total. The second-order valence-electron chi connectivity index (χ2n) is 6.25. The topological polar surface area (TPSA) is 51.0 Å². The zero-order valence-electron chi connectivity index (χ0n) is 12.8. The largest absolute Gasteiger partial charge is 0.335 e. The first-order valence-electron chi connectivity index (χ1n) is 8.06. The maximum atomic E-state index is 12.4. The Kier molecular flexibility index (Phi) is 3.21. The molecular weight excluding hydrogens is 276 g/mol. The normalized spacial score (nSPS) is 20.8. The van der Waals surface area contributed by atoms with Gasteiger partial charge in [0.05, 0.1) is 6.04 Å². The Bertz CT molecular complexity index is 688. The highest BCUT2D eigenvalue weighted by molar-refractivity contribution is 5.91. The Hall–Kier alpha value is -2.17. The van der Waals surface area contributed by atoms with Crippen LogP contribution in [0.3, 0.4) is 0 Å². The second-order valence-corrected chi connectivity index (χ2v) is 6.25. The molecule has 1 aromatic carbocycles. The summed E-state index contributed by atoms with van der Waals surface area (Å²) in [6, 6.07) is 10.5. The van der Waals surface area contributed by atoms with Crippen LogP contribution in [0.4, 0.5) is 0 Å². The summed E-state index contributed by atoms with van der Waals surface area (Å²) in [7, 11) is 0. The monoisotopic (exact) mass is 296 g/mol. The lowest BCUT2D eigenvalue weighted by Gasteiger charge is -2.38. The molecule has 1 unspecified atom stereocenters. The lowest BCUT2D eigenvalue weighted by Crippen LogP contribution is -2.50. The minimum Gasteiger partial charge on any atom is -0.335 e. The second kappa shape index (κ2) is 5.23. The quantitative estimate of drug-likeness (QED) is 0.873. The lowest BCUT2D eigenvalue weighted by molar-refractivity contribution is 0.0481. The van der Waals surface area contributed by atoms with Crippen LogP contribution in [0, 0.1) is 5.92 Å². The Morgan fingerprint density at radius 2 is 2.05 bits per heavy atom. The zero-order valence-corrected chi connectivity index (χ0v) is 12.8. The van der Waals surface area contributed by atoms with E-state index in [4.69, 9.17) is 0 Å². The smallest absolute Gasteiger partial charge is 0.293 e. The van der Waals surface area contributed by atoms with Crippen LogP contribution in [-0.2, 0) is 6.42 Å². The van der Waals surface area contributed by atoms with E-state index >= 15 is 0 Å². The fraction of sp³-hybridized carbons (Fsp3) is 0.471. The summed E-state index contributed by atoms with van der Waals surface area (Å²) in [4.78, 5) is 18.8. The number of hydrogen-bond donors (Lipinski definition) is 0. The highest BCUT2D eigenvalue weighted by Gasteiger charge is 2.34. The van der Waals surface area contributed by atoms with Gasteiger partial charge in [-0.1, -0.05) is 37.3 Å². The van der Waals surface area contributed by atoms with Crippen molar-refractivity contribution in [1.82, 2.24) is 19.7 Å². The van der Waals surface area contributed by atoms with Crippen molar-refractivity contribution in [2.75, 3.05) is 13.1 Å². The van der Waals surface area contributed by atoms with Crippen molar-refractivity contribution < 1.29 is 4.79 Å². The Labute approximate surface area is 130 Å². The number of benzene rings is 1. The van der Waals surface area contributed by atoms with Crippen LogP contribution < -0.4 is 0 Å². The van der Waals surface area contributed by atoms with Crippen molar-refractivity contribution in [2.24, 2.45) is 5.92 Å². The molecule has 1 atom stereocenters. The molecule has 2 aliphatic heterocycles. The highest BCUT2D eigenvalue weighted by Crippen LogP contribution is 2.30. The van der Waals surface area contributed by atoms with E-state index in [2.05, 4.69) is 29.1 Å². The number of hydrogen-bond acceptors (Lipinski definition) is 3. The standard InChI is InChI=1S/C17H20N4O/c1-2-12-10-20(11-12)17(22)16-18-15-9-8-14(21(15)19-16)13-6-4-3-5-7-13/h3-7,12,14H,2,8-11H2,1H3. The molecule has 1 aromatic heterocycles. The predicted molar refractivity (Wildman–Crippen MR) is 82.6 cm³/mol. The summed E-state index contributed by atoms with van der Waals surface area (Å²) >= 11 is 0. The summed E-state index contributed by atoms with van der Waals surface area (Å²) in [5.74, 6) is 1.93. The molecule has 0 aliphatic carbocycles. The summed E-state index contributed by atoms with van der Waals surface area (Å²) < 4.78 is 1.94. The number of fused-ring (bicyclic) bond motifs is 1. The van der Waals surface area contributed by atoms with Crippen LogP contribution in [0.15, 0.2) is 30.3 Å². The Morgan fingerprint density at radius 3 is 2.77 bits per heavy atom. The van der Waals surface area contributed by atoms with E-state index in [1.165, 1.54) is 5.56 Å². The van der Waals surface area contributed by atoms with Gasteiger partial charge in [-0.05, 0) is 24.3 Å². The number of carbonyl (C=O) groups is 1. The molecule has 0 radical (unpaired) electrons. The minimum absolute atomic E-state index is 0.0154. The van der Waals surface area contributed by atoms with E-state index in [1.807, 2.05) is 27.8 Å². The molecule has 0 N–H and O–H groups in total. The molecule has 2 aliphatic rings. The van der Waals surface area contributed by atoms with Crippen molar-refractivity contribution in [3.63, 3.8) is 0 Å². The predicted octanol–water partition coefficient (Wildman–Crippen LogP) is 2.30. The van der Waals surface area contributed by atoms with Gasteiger partial charge in [-0.2, -0.15) is 0 Å². The molecule has 0 bridgehead atoms. The Balaban J connectivity index is 1.55. The molecular formula is C17H20N4O. The number of aromatic nitrogens is 3. The highest BCUT2D eigenvalue weighted by atomic mass is 16.2. The van der Waals surface area contributed by atoms with Crippen molar-refractivity contribution in [3.8, 4) is 0 Å². The van der Waals surface area contributed by atoms with Gasteiger partial charge in [0.1, 0.15) is 5.82 Å². The number of aryl methyl sites for hydroxylation is 1. The number of rotatable bonds is 3. The maximum absolute atomic E-state index is 12.4. The van der Waals surface area contributed by atoms with Crippen LogP contribution in [0.25, 0.3) is 0 Å². The molecule has 2 aromatic rings. The average Bonchev–Trinajstić information content (AvgIpc) is 3.07. The number of likely N-dealkylation sites (tertiary alicyclic amines) is 1. The minimum atomic E-state index is -0.0154. The van der Waals surface area contributed by atoms with E-state index in [-0.39, 0.29) is 11.9 Å². The molecule has 1 fully saturated rings. The van der Waals surface area contributed by atoms with Crippen molar-refractivity contribution in [3.05, 3.63) is 47.5 Å². The van der Waals surface area contributed by atoms with Gasteiger partial charge in [0.2, 0.25) is 5.82 Å². The van der Waals surface area contributed by atoms with E-state index in [9.17, 15) is 4.79 Å². The third-order valence-corrected chi connectivity index (χ3v) is 4.84. The fourth-order valence-electron chi connectivity index (χ4n) is 3.37.